The number of rotatable bonds is 3. The average molecular weight is 347 g/mol. The number of carbonyl (C=O) groups is 2. The van der Waals surface area contributed by atoms with E-state index in [9.17, 15) is 9.59 Å². The van der Waals surface area contributed by atoms with Gasteiger partial charge in [-0.05, 0) is 57.6 Å². The van der Waals surface area contributed by atoms with Gasteiger partial charge >= 0.3 is 12.1 Å². The molecule has 1 aromatic heterocycles. The van der Waals surface area contributed by atoms with Crippen LogP contribution in [-0.2, 0) is 4.74 Å². The van der Waals surface area contributed by atoms with Crippen LogP contribution in [0.2, 0.25) is 0 Å². The highest BCUT2D eigenvalue weighted by molar-refractivity contribution is 5.87. The quantitative estimate of drug-likeness (QED) is 0.873. The summed E-state index contributed by atoms with van der Waals surface area (Å²) >= 11 is 0. The highest BCUT2D eigenvalue weighted by Crippen LogP contribution is 2.49. The number of anilines is 1. The summed E-state index contributed by atoms with van der Waals surface area (Å²) in [5.41, 5.74) is -0.112. The van der Waals surface area contributed by atoms with Crippen LogP contribution in [0, 0.1) is 5.41 Å². The minimum absolute atomic E-state index is 0.176. The van der Waals surface area contributed by atoms with Crippen LogP contribution in [0.4, 0.5) is 10.6 Å². The molecule has 1 saturated carbocycles. The lowest BCUT2D eigenvalue weighted by atomic mass is 9.65. The number of carboxylic acid groups (broad SMARTS) is 1. The molecule has 1 aromatic rings. The molecule has 1 amide bonds. The number of likely N-dealkylation sites (tertiary alicyclic amines) is 1. The molecule has 0 aromatic carbocycles. The van der Waals surface area contributed by atoms with Gasteiger partial charge in [0.15, 0.2) is 0 Å². The molecule has 7 nitrogen and oxygen atoms in total. The van der Waals surface area contributed by atoms with Crippen molar-refractivity contribution < 1.29 is 19.4 Å². The van der Waals surface area contributed by atoms with Crippen LogP contribution in [0.1, 0.15) is 50.4 Å². The van der Waals surface area contributed by atoms with E-state index in [1.54, 1.807) is 17.0 Å². The van der Waals surface area contributed by atoms with Crippen molar-refractivity contribution in [2.75, 3.05) is 18.4 Å². The van der Waals surface area contributed by atoms with Crippen molar-refractivity contribution in [1.82, 2.24) is 9.88 Å². The molecule has 2 N–H and O–H groups in total. The number of aromatic carboxylic acids is 1. The minimum atomic E-state index is -0.977. The molecule has 1 saturated heterocycles. The maximum Gasteiger partial charge on any atom is 0.410 e. The summed E-state index contributed by atoms with van der Waals surface area (Å²) < 4.78 is 5.45. The fourth-order valence-electron chi connectivity index (χ4n) is 3.65. The lowest BCUT2D eigenvalue weighted by Gasteiger charge is -2.45. The maximum atomic E-state index is 12.2. The molecular formula is C18H25N3O4. The largest absolute Gasteiger partial charge is 0.478 e. The van der Waals surface area contributed by atoms with Crippen LogP contribution in [0.5, 0.6) is 0 Å². The van der Waals surface area contributed by atoms with E-state index >= 15 is 0 Å². The first-order valence-electron chi connectivity index (χ1n) is 8.60. The molecule has 0 bridgehead atoms. The number of carboxylic acids is 1. The van der Waals surface area contributed by atoms with Crippen molar-refractivity contribution in [3.8, 4) is 0 Å². The Morgan fingerprint density at radius 2 is 2.08 bits per heavy atom. The van der Waals surface area contributed by atoms with Crippen LogP contribution in [0.3, 0.4) is 0 Å². The van der Waals surface area contributed by atoms with Gasteiger partial charge in [-0.1, -0.05) is 0 Å². The number of pyridine rings is 1. The molecule has 25 heavy (non-hydrogen) atoms. The summed E-state index contributed by atoms with van der Waals surface area (Å²) in [4.78, 5) is 29.0. The van der Waals surface area contributed by atoms with Crippen molar-refractivity contribution in [3.05, 3.63) is 23.9 Å². The number of ether oxygens (including phenoxy) is 1. The minimum Gasteiger partial charge on any atom is -0.478 e. The van der Waals surface area contributed by atoms with Gasteiger partial charge in [0.05, 0.1) is 5.56 Å². The van der Waals surface area contributed by atoms with Crippen LogP contribution < -0.4 is 5.32 Å². The van der Waals surface area contributed by atoms with Gasteiger partial charge in [-0.25, -0.2) is 14.6 Å². The van der Waals surface area contributed by atoms with E-state index in [0.29, 0.717) is 11.9 Å². The van der Waals surface area contributed by atoms with Crippen molar-refractivity contribution in [3.63, 3.8) is 0 Å². The predicted molar refractivity (Wildman–Crippen MR) is 92.7 cm³/mol. The lowest BCUT2D eigenvalue weighted by Crippen LogP contribution is -2.47. The normalized spacial score (nSPS) is 25.6. The van der Waals surface area contributed by atoms with Crippen molar-refractivity contribution in [2.24, 2.45) is 5.41 Å². The zero-order chi connectivity index (χ0) is 18.2. The van der Waals surface area contributed by atoms with E-state index < -0.39 is 11.6 Å². The third-order valence-corrected chi connectivity index (χ3v) is 4.81. The van der Waals surface area contributed by atoms with E-state index in [4.69, 9.17) is 9.84 Å². The van der Waals surface area contributed by atoms with Gasteiger partial charge < -0.3 is 20.1 Å². The van der Waals surface area contributed by atoms with Gasteiger partial charge in [0.2, 0.25) is 0 Å². The summed E-state index contributed by atoms with van der Waals surface area (Å²) in [6, 6.07) is 3.55. The number of carbonyl (C=O) groups excluding carboxylic acids is 1. The van der Waals surface area contributed by atoms with Gasteiger partial charge in [0.1, 0.15) is 11.4 Å². The number of nitrogens with zero attached hydrogens (tertiary/aromatic N) is 2. The molecule has 2 heterocycles. The van der Waals surface area contributed by atoms with Gasteiger partial charge in [0.25, 0.3) is 0 Å². The maximum absolute atomic E-state index is 12.2. The van der Waals surface area contributed by atoms with E-state index in [0.717, 1.165) is 32.4 Å². The Kier molecular flexibility index (Phi) is 4.34. The molecule has 3 rings (SSSR count). The molecule has 0 unspecified atom stereocenters. The van der Waals surface area contributed by atoms with Crippen molar-refractivity contribution in [1.29, 1.82) is 0 Å². The van der Waals surface area contributed by atoms with Gasteiger partial charge in [-0.15, -0.1) is 0 Å². The first kappa shape index (κ1) is 17.5. The second-order valence-electron chi connectivity index (χ2n) is 8.14. The molecular weight excluding hydrogens is 322 g/mol. The SMILES string of the molecule is CC(C)(C)OC(=O)N1CCC2(CC(Nc3ccc(C(=O)O)cn3)C2)C1. The average Bonchev–Trinajstić information content (AvgIpc) is 2.91. The number of amides is 1. The zero-order valence-corrected chi connectivity index (χ0v) is 14.9. The van der Waals surface area contributed by atoms with E-state index in [1.165, 1.54) is 6.20 Å². The van der Waals surface area contributed by atoms with Crippen LogP contribution in [0.25, 0.3) is 0 Å². The van der Waals surface area contributed by atoms with E-state index in [2.05, 4.69) is 10.3 Å². The fraction of sp³-hybridized carbons (Fsp3) is 0.611. The number of nitrogens with one attached hydrogen (secondary N) is 1. The van der Waals surface area contributed by atoms with Crippen molar-refractivity contribution in [2.45, 2.75) is 51.7 Å². The van der Waals surface area contributed by atoms with E-state index in [1.807, 2.05) is 20.8 Å². The summed E-state index contributed by atoms with van der Waals surface area (Å²) in [7, 11) is 0. The first-order chi connectivity index (χ1) is 11.7. The fourth-order valence-corrected chi connectivity index (χ4v) is 3.65. The van der Waals surface area contributed by atoms with Crippen molar-refractivity contribution >= 4 is 17.9 Å². The Balaban J connectivity index is 1.49. The lowest BCUT2D eigenvalue weighted by molar-refractivity contribution is 0.0237. The number of hydrogen-bond acceptors (Lipinski definition) is 5. The van der Waals surface area contributed by atoms with Gasteiger partial charge in [-0.3, -0.25) is 0 Å². The molecule has 7 heteroatoms. The summed E-state index contributed by atoms with van der Waals surface area (Å²) in [6.07, 6.45) is 4.09. The molecule has 1 spiro atoms. The molecule has 1 aliphatic heterocycles. The topological polar surface area (TPSA) is 91.8 Å². The second kappa shape index (κ2) is 6.20. The Labute approximate surface area is 147 Å². The van der Waals surface area contributed by atoms with Gasteiger partial charge in [0, 0.05) is 25.3 Å². The highest BCUT2D eigenvalue weighted by Gasteiger charge is 2.50. The predicted octanol–water partition coefficient (Wildman–Crippen LogP) is 2.98. The standard InChI is InChI=1S/C18H25N3O4/c1-17(2,3)25-16(24)21-7-6-18(11-21)8-13(9-18)20-14-5-4-12(10-19-14)15(22)23/h4-5,10,13H,6-9,11H2,1-3H3,(H,19,20)(H,22,23). The molecule has 0 atom stereocenters. The van der Waals surface area contributed by atoms with Crippen LogP contribution in [0.15, 0.2) is 18.3 Å². The summed E-state index contributed by atoms with van der Waals surface area (Å²) in [5.74, 6) is -0.290. The Morgan fingerprint density at radius 3 is 2.64 bits per heavy atom. The smallest absolute Gasteiger partial charge is 0.410 e. The molecule has 136 valence electrons. The van der Waals surface area contributed by atoms with Crippen LogP contribution >= 0.6 is 0 Å². The molecule has 2 fully saturated rings. The summed E-state index contributed by atoms with van der Waals surface area (Å²) in [6.45, 7) is 7.12. The zero-order valence-electron chi connectivity index (χ0n) is 14.9. The molecule has 2 aliphatic rings. The van der Waals surface area contributed by atoms with Gasteiger partial charge in [-0.2, -0.15) is 0 Å². The number of hydrogen-bond donors (Lipinski definition) is 2. The first-order valence-corrected chi connectivity index (χ1v) is 8.60. The van der Waals surface area contributed by atoms with E-state index in [-0.39, 0.29) is 17.1 Å². The Morgan fingerprint density at radius 1 is 1.36 bits per heavy atom. The Hall–Kier alpha value is -2.31. The van der Waals surface area contributed by atoms with Crippen LogP contribution in [-0.4, -0.2) is 51.8 Å². The molecule has 0 radical (unpaired) electrons. The highest BCUT2D eigenvalue weighted by atomic mass is 16.6. The third kappa shape index (κ3) is 4.03. The second-order valence-corrected chi connectivity index (χ2v) is 8.14. The Bertz CT molecular complexity index is 660. The third-order valence-electron chi connectivity index (χ3n) is 4.81. The number of aromatic nitrogens is 1. The molecule has 1 aliphatic carbocycles. The summed E-state index contributed by atoms with van der Waals surface area (Å²) in [5, 5.41) is 12.2. The monoisotopic (exact) mass is 347 g/mol.